The summed E-state index contributed by atoms with van der Waals surface area (Å²) in [5, 5.41) is 9.24. The first-order valence-corrected chi connectivity index (χ1v) is 4.48. The number of hydrogen-bond donors (Lipinski definition) is 0. The highest BCUT2D eigenvalue weighted by atomic mass is 35.5. The molecular formula is C11H10ClNO. The second kappa shape index (κ2) is 4.69. The average molecular weight is 208 g/mol. The Morgan fingerprint density at radius 3 is 2.93 bits per heavy atom. The molecule has 2 nitrogen and oxygen atoms in total. The predicted octanol–water partition coefficient (Wildman–Crippen LogP) is 3.17. The number of rotatable bonds is 3. The summed E-state index contributed by atoms with van der Waals surface area (Å²) in [4.78, 5) is 0. The molecule has 1 rings (SSSR count). The van der Waals surface area contributed by atoms with E-state index in [1.807, 2.05) is 13.0 Å². The van der Waals surface area contributed by atoms with Gasteiger partial charge in [-0.15, -0.1) is 0 Å². The lowest BCUT2D eigenvalue weighted by Crippen LogP contribution is -1.99. The number of nitrogens with zero attached hydrogens (tertiary/aromatic N) is 1. The van der Waals surface area contributed by atoms with Crippen LogP contribution in [0.25, 0.3) is 0 Å². The number of halogens is 1. The molecular weight excluding hydrogens is 198 g/mol. The van der Waals surface area contributed by atoms with Gasteiger partial charge in [-0.25, -0.2) is 0 Å². The third kappa shape index (κ3) is 2.51. The summed E-state index contributed by atoms with van der Waals surface area (Å²) in [6, 6.07) is 7.12. The molecule has 3 heteroatoms. The van der Waals surface area contributed by atoms with Crippen LogP contribution in [0.5, 0.6) is 5.75 Å². The van der Waals surface area contributed by atoms with Crippen molar-refractivity contribution in [3.05, 3.63) is 40.9 Å². The lowest BCUT2D eigenvalue weighted by Gasteiger charge is -2.07. The summed E-state index contributed by atoms with van der Waals surface area (Å²) in [7, 11) is 0. The van der Waals surface area contributed by atoms with E-state index in [0.29, 0.717) is 22.9 Å². The van der Waals surface area contributed by atoms with E-state index in [9.17, 15) is 0 Å². The van der Waals surface area contributed by atoms with Gasteiger partial charge in [0.25, 0.3) is 0 Å². The van der Waals surface area contributed by atoms with Gasteiger partial charge in [0, 0.05) is 0 Å². The van der Waals surface area contributed by atoms with E-state index in [0.717, 1.165) is 5.57 Å². The van der Waals surface area contributed by atoms with E-state index in [2.05, 4.69) is 6.58 Å². The Morgan fingerprint density at radius 1 is 1.64 bits per heavy atom. The Kier molecular flexibility index (Phi) is 3.55. The lowest BCUT2D eigenvalue weighted by atomic mass is 10.2. The third-order valence-corrected chi connectivity index (χ3v) is 1.88. The van der Waals surface area contributed by atoms with Gasteiger partial charge in [-0.1, -0.05) is 24.2 Å². The minimum absolute atomic E-state index is 0.371. The molecule has 0 saturated carbocycles. The zero-order valence-corrected chi connectivity index (χ0v) is 8.64. The first-order valence-electron chi connectivity index (χ1n) is 4.11. The SMILES string of the molecule is C=C(C)COc1cccc(Cl)c1C#N. The molecule has 0 fully saturated rings. The van der Waals surface area contributed by atoms with Gasteiger partial charge in [0.1, 0.15) is 24.0 Å². The predicted molar refractivity (Wildman–Crippen MR) is 56.5 cm³/mol. The maximum absolute atomic E-state index is 8.83. The van der Waals surface area contributed by atoms with Crippen LogP contribution < -0.4 is 4.74 Å². The molecule has 0 heterocycles. The monoisotopic (exact) mass is 207 g/mol. The Hall–Kier alpha value is -1.46. The number of hydrogen-bond acceptors (Lipinski definition) is 2. The molecule has 72 valence electrons. The zero-order chi connectivity index (χ0) is 10.6. The van der Waals surface area contributed by atoms with Gasteiger partial charge in [-0.2, -0.15) is 5.26 Å². The largest absolute Gasteiger partial charge is 0.488 e. The second-order valence-electron chi connectivity index (χ2n) is 2.97. The fraction of sp³-hybridized carbons (Fsp3) is 0.182. The highest BCUT2D eigenvalue weighted by molar-refractivity contribution is 6.31. The molecule has 0 N–H and O–H groups in total. The van der Waals surface area contributed by atoms with Crippen LogP contribution in [0.4, 0.5) is 0 Å². The van der Waals surface area contributed by atoms with Gasteiger partial charge < -0.3 is 4.74 Å². The van der Waals surface area contributed by atoms with Crippen molar-refractivity contribution in [2.75, 3.05) is 6.61 Å². The highest BCUT2D eigenvalue weighted by Crippen LogP contribution is 2.25. The van der Waals surface area contributed by atoms with Crippen LogP contribution in [0, 0.1) is 11.3 Å². The van der Waals surface area contributed by atoms with Crippen LogP contribution in [0.2, 0.25) is 5.02 Å². The van der Waals surface area contributed by atoms with E-state index >= 15 is 0 Å². The molecule has 0 aliphatic carbocycles. The molecule has 0 spiro atoms. The summed E-state index contributed by atoms with van der Waals surface area (Å²) in [6.07, 6.45) is 0. The summed E-state index contributed by atoms with van der Waals surface area (Å²) in [5.74, 6) is 0.503. The Balaban J connectivity index is 2.92. The van der Waals surface area contributed by atoms with Gasteiger partial charge in [-0.05, 0) is 24.6 Å². The van der Waals surface area contributed by atoms with Crippen LogP contribution in [-0.4, -0.2) is 6.61 Å². The van der Waals surface area contributed by atoms with E-state index < -0.39 is 0 Å². The van der Waals surface area contributed by atoms with Gasteiger partial charge in [0.2, 0.25) is 0 Å². The van der Waals surface area contributed by atoms with Crippen LogP contribution >= 0.6 is 11.6 Å². The molecule has 0 saturated heterocycles. The molecule has 0 aliphatic rings. The maximum atomic E-state index is 8.83. The molecule has 0 atom stereocenters. The molecule has 1 aromatic carbocycles. The van der Waals surface area contributed by atoms with Crippen LogP contribution in [0.3, 0.4) is 0 Å². The van der Waals surface area contributed by atoms with E-state index in [4.69, 9.17) is 21.6 Å². The van der Waals surface area contributed by atoms with Crippen LogP contribution in [0.1, 0.15) is 12.5 Å². The Labute approximate surface area is 88.4 Å². The molecule has 0 aromatic heterocycles. The molecule has 14 heavy (non-hydrogen) atoms. The first-order chi connectivity index (χ1) is 6.65. The lowest BCUT2D eigenvalue weighted by molar-refractivity contribution is 0.351. The average Bonchev–Trinajstić information content (AvgIpc) is 2.14. The summed E-state index contributed by atoms with van der Waals surface area (Å²) in [5.41, 5.74) is 1.27. The van der Waals surface area contributed by atoms with Crippen molar-refractivity contribution in [1.82, 2.24) is 0 Å². The quantitative estimate of drug-likeness (QED) is 0.714. The van der Waals surface area contributed by atoms with Gasteiger partial charge in [0.05, 0.1) is 5.02 Å². The minimum Gasteiger partial charge on any atom is -0.488 e. The Morgan fingerprint density at radius 2 is 2.36 bits per heavy atom. The van der Waals surface area contributed by atoms with Crippen molar-refractivity contribution in [2.45, 2.75) is 6.92 Å². The molecule has 1 aromatic rings. The smallest absolute Gasteiger partial charge is 0.139 e. The summed E-state index contributed by atoms with van der Waals surface area (Å²) >= 11 is 5.82. The van der Waals surface area contributed by atoms with Crippen LogP contribution in [0.15, 0.2) is 30.4 Å². The third-order valence-electron chi connectivity index (χ3n) is 1.56. The van der Waals surface area contributed by atoms with Crippen LogP contribution in [-0.2, 0) is 0 Å². The zero-order valence-electron chi connectivity index (χ0n) is 7.88. The maximum Gasteiger partial charge on any atom is 0.139 e. The van der Waals surface area contributed by atoms with Crippen molar-refractivity contribution >= 4 is 11.6 Å². The minimum atomic E-state index is 0.371. The van der Waals surface area contributed by atoms with Crippen molar-refractivity contribution < 1.29 is 4.74 Å². The van der Waals surface area contributed by atoms with Crippen molar-refractivity contribution in [2.24, 2.45) is 0 Å². The highest BCUT2D eigenvalue weighted by Gasteiger charge is 2.06. The first kappa shape index (κ1) is 10.6. The molecule has 0 unspecified atom stereocenters. The molecule has 0 amide bonds. The molecule has 0 bridgehead atoms. The van der Waals surface area contributed by atoms with Gasteiger partial charge >= 0.3 is 0 Å². The topological polar surface area (TPSA) is 33.0 Å². The normalized spacial score (nSPS) is 9.21. The number of benzene rings is 1. The number of nitriles is 1. The molecule has 0 aliphatic heterocycles. The van der Waals surface area contributed by atoms with Crippen molar-refractivity contribution in [3.63, 3.8) is 0 Å². The van der Waals surface area contributed by atoms with Gasteiger partial charge in [-0.3, -0.25) is 0 Å². The van der Waals surface area contributed by atoms with E-state index in [-0.39, 0.29) is 0 Å². The van der Waals surface area contributed by atoms with Gasteiger partial charge in [0.15, 0.2) is 0 Å². The summed E-state index contributed by atoms with van der Waals surface area (Å²) < 4.78 is 5.36. The fourth-order valence-electron chi connectivity index (χ4n) is 0.934. The van der Waals surface area contributed by atoms with E-state index in [1.165, 1.54) is 0 Å². The molecule has 0 radical (unpaired) electrons. The van der Waals surface area contributed by atoms with Crippen molar-refractivity contribution in [3.8, 4) is 11.8 Å². The fourth-order valence-corrected chi connectivity index (χ4v) is 1.14. The van der Waals surface area contributed by atoms with Crippen molar-refractivity contribution in [1.29, 1.82) is 5.26 Å². The van der Waals surface area contributed by atoms with E-state index in [1.54, 1.807) is 18.2 Å². The summed E-state index contributed by atoms with van der Waals surface area (Å²) in [6.45, 7) is 5.96. The second-order valence-corrected chi connectivity index (χ2v) is 3.38. The Bertz CT molecular complexity index is 393. The standard InChI is InChI=1S/C11H10ClNO/c1-8(2)7-14-11-5-3-4-10(12)9(11)6-13/h3-5H,1,7H2,2H3. The number of ether oxygens (including phenoxy) is 1.